The monoisotopic (exact) mass is 286 g/mol. The number of carbonyl (C=O) groups excluding carboxylic acids is 2. The van der Waals surface area contributed by atoms with Gasteiger partial charge in [0, 0.05) is 31.5 Å². The molecule has 0 unspecified atom stereocenters. The molecule has 0 aliphatic carbocycles. The number of amides is 2. The van der Waals surface area contributed by atoms with E-state index in [0.29, 0.717) is 22.5 Å². The lowest BCUT2D eigenvalue weighted by Gasteiger charge is -2.11. The normalized spacial score (nSPS) is 10.3. The summed E-state index contributed by atoms with van der Waals surface area (Å²) < 4.78 is 1.60. The van der Waals surface area contributed by atoms with Crippen molar-refractivity contribution >= 4 is 17.5 Å². The fourth-order valence-electron chi connectivity index (χ4n) is 2.16. The minimum atomic E-state index is -0.238. The molecule has 0 saturated heterocycles. The number of aryl methyl sites for hydroxylation is 2. The highest BCUT2D eigenvalue weighted by molar-refractivity contribution is 6.06. The molecule has 1 heterocycles. The predicted octanol–water partition coefficient (Wildman–Crippen LogP) is 1.65. The van der Waals surface area contributed by atoms with Crippen molar-refractivity contribution in [1.82, 2.24) is 15.1 Å². The molecule has 0 bridgehead atoms. The maximum atomic E-state index is 12.3. The van der Waals surface area contributed by atoms with Crippen molar-refractivity contribution in [3.8, 4) is 0 Å². The number of benzene rings is 1. The van der Waals surface area contributed by atoms with Crippen molar-refractivity contribution in [1.29, 1.82) is 0 Å². The molecule has 1 aromatic carbocycles. The Bertz CT molecular complexity index is 704. The van der Waals surface area contributed by atoms with Crippen LogP contribution in [0.3, 0.4) is 0 Å². The fraction of sp³-hybridized carbons (Fsp3) is 0.267. The number of anilines is 1. The van der Waals surface area contributed by atoms with E-state index < -0.39 is 0 Å². The molecule has 1 aromatic heterocycles. The minimum absolute atomic E-state index is 0.179. The summed E-state index contributed by atoms with van der Waals surface area (Å²) in [6, 6.07) is 5.23. The Morgan fingerprint density at radius 1 is 1.14 bits per heavy atom. The number of hydrogen-bond acceptors (Lipinski definition) is 3. The van der Waals surface area contributed by atoms with E-state index in [2.05, 4.69) is 15.7 Å². The number of carbonyl (C=O) groups is 2. The molecule has 0 radical (unpaired) electrons. The maximum Gasteiger partial charge on any atom is 0.259 e. The third-order valence-electron chi connectivity index (χ3n) is 3.31. The van der Waals surface area contributed by atoms with Crippen molar-refractivity contribution in [3.05, 3.63) is 46.8 Å². The Balaban J connectivity index is 2.30. The molecule has 0 aliphatic rings. The molecule has 0 spiro atoms. The second-order valence-electron chi connectivity index (χ2n) is 4.81. The number of hydrogen-bond donors (Lipinski definition) is 2. The first-order chi connectivity index (χ1) is 9.93. The predicted molar refractivity (Wildman–Crippen MR) is 80.5 cm³/mol. The van der Waals surface area contributed by atoms with Crippen LogP contribution in [0.2, 0.25) is 0 Å². The van der Waals surface area contributed by atoms with Gasteiger partial charge in [-0.2, -0.15) is 5.10 Å². The molecule has 0 aliphatic heterocycles. The van der Waals surface area contributed by atoms with Gasteiger partial charge in [0.25, 0.3) is 11.8 Å². The van der Waals surface area contributed by atoms with Gasteiger partial charge in [-0.25, -0.2) is 0 Å². The Hall–Kier alpha value is -2.63. The average Bonchev–Trinajstić information content (AvgIpc) is 2.79. The van der Waals surface area contributed by atoms with Gasteiger partial charge in [0.2, 0.25) is 0 Å². The van der Waals surface area contributed by atoms with E-state index in [1.807, 2.05) is 0 Å². The van der Waals surface area contributed by atoms with Crippen LogP contribution >= 0.6 is 0 Å². The Kier molecular flexibility index (Phi) is 4.07. The molecule has 0 saturated carbocycles. The van der Waals surface area contributed by atoms with E-state index in [-0.39, 0.29) is 11.8 Å². The van der Waals surface area contributed by atoms with Crippen LogP contribution in [0.15, 0.2) is 24.4 Å². The Morgan fingerprint density at radius 2 is 1.86 bits per heavy atom. The van der Waals surface area contributed by atoms with Gasteiger partial charge in [0.15, 0.2) is 0 Å². The van der Waals surface area contributed by atoms with Crippen molar-refractivity contribution in [3.63, 3.8) is 0 Å². The van der Waals surface area contributed by atoms with Gasteiger partial charge in [-0.15, -0.1) is 0 Å². The molecular formula is C15H18N4O2. The lowest BCUT2D eigenvalue weighted by Crippen LogP contribution is -2.20. The van der Waals surface area contributed by atoms with Gasteiger partial charge < -0.3 is 10.6 Å². The highest BCUT2D eigenvalue weighted by Crippen LogP contribution is 2.20. The van der Waals surface area contributed by atoms with E-state index in [0.717, 1.165) is 5.56 Å². The zero-order chi connectivity index (χ0) is 15.6. The summed E-state index contributed by atoms with van der Waals surface area (Å²) in [5, 5.41) is 9.56. The molecule has 6 nitrogen and oxygen atoms in total. The quantitative estimate of drug-likeness (QED) is 0.900. The van der Waals surface area contributed by atoms with Crippen LogP contribution in [0.5, 0.6) is 0 Å². The molecule has 2 amide bonds. The first kappa shape index (κ1) is 14.8. The standard InChI is InChI=1S/C15H18N4O2/c1-9-11(14(20)16-3)6-5-7-13(9)17-15(21)12-8-19(4)18-10(12)2/h5-8H,1-4H3,(H,16,20)(H,17,21). The van der Waals surface area contributed by atoms with Crippen LogP contribution in [-0.4, -0.2) is 28.6 Å². The molecule has 0 atom stereocenters. The van der Waals surface area contributed by atoms with Crippen molar-refractivity contribution in [2.75, 3.05) is 12.4 Å². The molecule has 2 rings (SSSR count). The summed E-state index contributed by atoms with van der Waals surface area (Å²) in [6.45, 7) is 3.58. The number of nitrogens with one attached hydrogen (secondary N) is 2. The average molecular weight is 286 g/mol. The first-order valence-electron chi connectivity index (χ1n) is 6.57. The van der Waals surface area contributed by atoms with Gasteiger partial charge in [-0.3, -0.25) is 14.3 Å². The van der Waals surface area contributed by atoms with Crippen LogP contribution in [0.4, 0.5) is 5.69 Å². The zero-order valence-corrected chi connectivity index (χ0v) is 12.5. The largest absolute Gasteiger partial charge is 0.355 e. The van der Waals surface area contributed by atoms with Crippen LogP contribution < -0.4 is 10.6 Å². The summed E-state index contributed by atoms with van der Waals surface area (Å²) in [7, 11) is 3.34. The summed E-state index contributed by atoms with van der Waals surface area (Å²) in [6.07, 6.45) is 1.67. The second-order valence-corrected chi connectivity index (χ2v) is 4.81. The van der Waals surface area contributed by atoms with E-state index in [4.69, 9.17) is 0 Å². The summed E-state index contributed by atoms with van der Waals surface area (Å²) in [4.78, 5) is 24.0. The second kappa shape index (κ2) is 5.78. The molecule has 2 N–H and O–H groups in total. The minimum Gasteiger partial charge on any atom is -0.355 e. The van der Waals surface area contributed by atoms with Gasteiger partial charge in [-0.05, 0) is 31.5 Å². The summed E-state index contributed by atoms with van der Waals surface area (Å²) >= 11 is 0. The Labute approximate surface area is 123 Å². The SMILES string of the molecule is CNC(=O)c1cccc(NC(=O)c2cn(C)nc2C)c1C. The molecule has 21 heavy (non-hydrogen) atoms. The van der Waals surface area contributed by atoms with Gasteiger partial charge in [0.1, 0.15) is 0 Å². The lowest BCUT2D eigenvalue weighted by molar-refractivity contribution is 0.0960. The lowest BCUT2D eigenvalue weighted by atomic mass is 10.1. The fourth-order valence-corrected chi connectivity index (χ4v) is 2.16. The topological polar surface area (TPSA) is 76.0 Å². The number of nitrogens with zero attached hydrogens (tertiary/aromatic N) is 2. The Morgan fingerprint density at radius 3 is 2.43 bits per heavy atom. The van der Waals surface area contributed by atoms with Gasteiger partial charge >= 0.3 is 0 Å². The molecule has 110 valence electrons. The third kappa shape index (κ3) is 2.94. The molecular weight excluding hydrogens is 268 g/mol. The molecule has 0 fully saturated rings. The van der Waals surface area contributed by atoms with Gasteiger partial charge in [-0.1, -0.05) is 6.07 Å². The zero-order valence-electron chi connectivity index (χ0n) is 12.5. The van der Waals surface area contributed by atoms with Crippen LogP contribution in [0.25, 0.3) is 0 Å². The van der Waals surface area contributed by atoms with E-state index in [1.54, 1.807) is 57.0 Å². The van der Waals surface area contributed by atoms with E-state index >= 15 is 0 Å². The smallest absolute Gasteiger partial charge is 0.259 e. The van der Waals surface area contributed by atoms with Crippen LogP contribution in [0.1, 0.15) is 32.0 Å². The molecule has 6 heteroatoms. The third-order valence-corrected chi connectivity index (χ3v) is 3.31. The molecule has 2 aromatic rings. The first-order valence-corrected chi connectivity index (χ1v) is 6.57. The van der Waals surface area contributed by atoms with Crippen molar-refractivity contribution in [2.45, 2.75) is 13.8 Å². The highest BCUT2D eigenvalue weighted by Gasteiger charge is 2.15. The van der Waals surface area contributed by atoms with E-state index in [1.165, 1.54) is 0 Å². The van der Waals surface area contributed by atoms with Gasteiger partial charge in [0.05, 0.1) is 11.3 Å². The highest BCUT2D eigenvalue weighted by atomic mass is 16.2. The van der Waals surface area contributed by atoms with Crippen LogP contribution in [-0.2, 0) is 7.05 Å². The van der Waals surface area contributed by atoms with Crippen LogP contribution in [0, 0.1) is 13.8 Å². The summed E-state index contributed by atoms with van der Waals surface area (Å²) in [5.41, 5.74) is 3.06. The van der Waals surface area contributed by atoms with E-state index in [9.17, 15) is 9.59 Å². The van der Waals surface area contributed by atoms with Crippen molar-refractivity contribution in [2.24, 2.45) is 7.05 Å². The maximum absolute atomic E-state index is 12.3. The number of rotatable bonds is 3. The summed E-state index contributed by atoms with van der Waals surface area (Å²) in [5.74, 6) is -0.418. The number of aromatic nitrogens is 2. The van der Waals surface area contributed by atoms with Crippen molar-refractivity contribution < 1.29 is 9.59 Å².